The van der Waals surface area contributed by atoms with Crippen molar-refractivity contribution >= 4 is 12.1 Å². The van der Waals surface area contributed by atoms with Crippen LogP contribution < -0.4 is 0 Å². The molecule has 0 aliphatic rings. The minimum atomic E-state index is -0.308. The molecule has 0 unspecified atom stereocenters. The number of hydrogen-bond donors (Lipinski definition) is 0. The third-order valence-electron chi connectivity index (χ3n) is 5.16. The summed E-state index contributed by atoms with van der Waals surface area (Å²) in [6.45, 7) is 0. The first-order valence-corrected chi connectivity index (χ1v) is 10.3. The molecule has 0 atom stereocenters. The molecule has 0 N–H and O–H groups in total. The molecule has 33 heavy (non-hydrogen) atoms. The Morgan fingerprint density at radius 3 is 2.06 bits per heavy atom. The van der Waals surface area contributed by atoms with Crippen molar-refractivity contribution in [1.82, 2.24) is 0 Å². The summed E-state index contributed by atoms with van der Waals surface area (Å²) in [5, 5.41) is 9.96. The van der Waals surface area contributed by atoms with Gasteiger partial charge in [-0.2, -0.15) is 5.26 Å². The Bertz CT molecular complexity index is 1460. The van der Waals surface area contributed by atoms with Gasteiger partial charge in [-0.25, -0.2) is 9.38 Å². The van der Waals surface area contributed by atoms with Crippen LogP contribution in [0.1, 0.15) is 11.3 Å². The number of halogens is 1. The molecule has 0 radical (unpaired) electrons. The molecule has 5 heteroatoms. The van der Waals surface area contributed by atoms with Crippen LogP contribution in [-0.2, 0) is 0 Å². The van der Waals surface area contributed by atoms with E-state index in [1.807, 2.05) is 60.7 Å². The predicted octanol–water partition coefficient (Wildman–Crippen LogP) is 7.63. The standard InChI is InChI=1S/C28H17FN2O2/c29-22-13-11-19(12-14-22)25-16-15-23(32-25)18-31-28-24(17-30)26(20-7-3-1-4-8-20)27(33-28)21-9-5-2-6-10-21/h1-16,18H/b31-18+. The first-order chi connectivity index (χ1) is 16.2. The highest BCUT2D eigenvalue weighted by Crippen LogP contribution is 2.42. The molecule has 5 rings (SSSR count). The molecule has 158 valence electrons. The molecule has 0 spiro atoms. The van der Waals surface area contributed by atoms with Crippen molar-refractivity contribution in [2.45, 2.75) is 0 Å². The number of hydrogen-bond acceptors (Lipinski definition) is 4. The highest BCUT2D eigenvalue weighted by molar-refractivity contribution is 5.89. The molecule has 5 aromatic rings. The third kappa shape index (κ3) is 4.10. The maximum Gasteiger partial charge on any atom is 0.238 e. The van der Waals surface area contributed by atoms with E-state index in [1.54, 1.807) is 24.3 Å². The molecule has 2 heterocycles. The molecule has 0 saturated carbocycles. The van der Waals surface area contributed by atoms with Crippen LogP contribution in [0.3, 0.4) is 0 Å². The number of furan rings is 2. The summed E-state index contributed by atoms with van der Waals surface area (Å²) in [4.78, 5) is 4.43. The maximum absolute atomic E-state index is 13.2. The molecule has 2 aromatic heterocycles. The largest absolute Gasteiger partial charge is 0.455 e. The number of rotatable bonds is 5. The molecule has 3 aromatic carbocycles. The molecular weight excluding hydrogens is 415 g/mol. The van der Waals surface area contributed by atoms with Crippen molar-refractivity contribution in [2.24, 2.45) is 4.99 Å². The molecule has 0 bridgehead atoms. The van der Waals surface area contributed by atoms with E-state index in [1.165, 1.54) is 18.3 Å². The van der Waals surface area contributed by atoms with E-state index in [9.17, 15) is 9.65 Å². The van der Waals surface area contributed by atoms with Crippen molar-refractivity contribution < 1.29 is 13.2 Å². The van der Waals surface area contributed by atoms with Crippen LogP contribution >= 0.6 is 0 Å². The van der Waals surface area contributed by atoms with Crippen molar-refractivity contribution in [2.75, 3.05) is 0 Å². The lowest BCUT2D eigenvalue weighted by Gasteiger charge is -2.03. The number of benzene rings is 3. The fourth-order valence-electron chi connectivity index (χ4n) is 3.60. The molecular formula is C28H17FN2O2. The van der Waals surface area contributed by atoms with Crippen molar-refractivity contribution in [3.05, 3.63) is 114 Å². The molecule has 0 aliphatic heterocycles. The second kappa shape index (κ2) is 8.81. The summed E-state index contributed by atoms with van der Waals surface area (Å²) in [5.74, 6) is 1.55. The van der Waals surface area contributed by atoms with Gasteiger partial charge >= 0.3 is 0 Å². The normalized spacial score (nSPS) is 11.0. The summed E-state index contributed by atoms with van der Waals surface area (Å²) >= 11 is 0. The Morgan fingerprint density at radius 1 is 0.727 bits per heavy atom. The Labute approximate surface area is 189 Å². The van der Waals surface area contributed by atoms with Crippen LogP contribution in [0.25, 0.3) is 33.8 Å². The lowest BCUT2D eigenvalue weighted by molar-refractivity contribution is 0.572. The minimum absolute atomic E-state index is 0.204. The SMILES string of the molecule is N#Cc1c(/N=C/c2ccc(-c3ccc(F)cc3)o2)oc(-c2ccccc2)c1-c1ccccc1. The van der Waals surface area contributed by atoms with Crippen molar-refractivity contribution in [1.29, 1.82) is 5.26 Å². The number of aliphatic imine (C=N–C) groups is 1. The fraction of sp³-hybridized carbons (Fsp3) is 0. The van der Waals surface area contributed by atoms with Gasteiger partial charge in [-0.3, -0.25) is 0 Å². The number of nitrogens with zero attached hydrogens (tertiary/aromatic N) is 2. The van der Waals surface area contributed by atoms with Crippen LogP contribution in [0.2, 0.25) is 0 Å². The smallest absolute Gasteiger partial charge is 0.238 e. The van der Waals surface area contributed by atoms with E-state index in [0.29, 0.717) is 28.4 Å². The van der Waals surface area contributed by atoms with Gasteiger partial charge in [0.2, 0.25) is 5.88 Å². The second-order valence-electron chi connectivity index (χ2n) is 7.30. The van der Waals surface area contributed by atoms with Crippen LogP contribution in [0.4, 0.5) is 10.3 Å². The van der Waals surface area contributed by atoms with Gasteiger partial charge in [0, 0.05) is 16.7 Å². The summed E-state index contributed by atoms with van der Waals surface area (Å²) in [5.41, 5.74) is 3.52. The van der Waals surface area contributed by atoms with Gasteiger partial charge in [0.1, 0.15) is 34.7 Å². The molecule has 0 saturated heterocycles. The maximum atomic E-state index is 13.2. The van der Waals surface area contributed by atoms with Gasteiger partial charge < -0.3 is 8.83 Å². The second-order valence-corrected chi connectivity index (χ2v) is 7.30. The highest BCUT2D eigenvalue weighted by atomic mass is 19.1. The van der Waals surface area contributed by atoms with Gasteiger partial charge in [0.05, 0.1) is 6.21 Å². The molecule has 0 amide bonds. The van der Waals surface area contributed by atoms with E-state index < -0.39 is 0 Å². The quantitative estimate of drug-likeness (QED) is 0.268. The Balaban J connectivity index is 1.55. The fourth-order valence-corrected chi connectivity index (χ4v) is 3.60. The third-order valence-corrected chi connectivity index (χ3v) is 5.16. The van der Waals surface area contributed by atoms with E-state index in [2.05, 4.69) is 11.1 Å². The predicted molar refractivity (Wildman–Crippen MR) is 126 cm³/mol. The minimum Gasteiger partial charge on any atom is -0.455 e. The van der Waals surface area contributed by atoms with Crippen LogP contribution in [0.5, 0.6) is 0 Å². The van der Waals surface area contributed by atoms with Crippen molar-refractivity contribution in [3.63, 3.8) is 0 Å². The number of nitriles is 1. The van der Waals surface area contributed by atoms with E-state index in [4.69, 9.17) is 8.83 Å². The Morgan fingerprint density at radius 2 is 1.39 bits per heavy atom. The van der Waals surface area contributed by atoms with E-state index in [0.717, 1.165) is 16.7 Å². The van der Waals surface area contributed by atoms with Gasteiger partial charge in [0.15, 0.2) is 0 Å². The van der Waals surface area contributed by atoms with Gasteiger partial charge in [-0.1, -0.05) is 60.7 Å². The van der Waals surface area contributed by atoms with Crippen LogP contribution in [0, 0.1) is 17.1 Å². The average Bonchev–Trinajstić information content (AvgIpc) is 3.49. The lowest BCUT2D eigenvalue weighted by Crippen LogP contribution is -1.83. The summed E-state index contributed by atoms with van der Waals surface area (Å²) in [6, 6.07) is 31.1. The van der Waals surface area contributed by atoms with Crippen molar-refractivity contribution in [3.8, 4) is 39.8 Å². The summed E-state index contributed by atoms with van der Waals surface area (Å²) < 4.78 is 25.1. The van der Waals surface area contributed by atoms with Crippen LogP contribution in [-0.4, -0.2) is 6.21 Å². The molecule has 0 fully saturated rings. The van der Waals surface area contributed by atoms with Gasteiger partial charge in [-0.15, -0.1) is 0 Å². The van der Waals surface area contributed by atoms with Gasteiger partial charge in [-0.05, 0) is 42.0 Å². The monoisotopic (exact) mass is 432 g/mol. The zero-order chi connectivity index (χ0) is 22.6. The van der Waals surface area contributed by atoms with Gasteiger partial charge in [0.25, 0.3) is 0 Å². The average molecular weight is 432 g/mol. The summed E-state index contributed by atoms with van der Waals surface area (Å²) in [6.07, 6.45) is 1.51. The van der Waals surface area contributed by atoms with E-state index >= 15 is 0 Å². The first-order valence-electron chi connectivity index (χ1n) is 10.3. The zero-order valence-corrected chi connectivity index (χ0v) is 17.4. The first kappa shape index (κ1) is 20.2. The summed E-state index contributed by atoms with van der Waals surface area (Å²) in [7, 11) is 0. The molecule has 0 aliphatic carbocycles. The highest BCUT2D eigenvalue weighted by Gasteiger charge is 2.22. The molecule has 4 nitrogen and oxygen atoms in total. The Kier molecular flexibility index (Phi) is 5.40. The van der Waals surface area contributed by atoms with Crippen LogP contribution in [0.15, 0.2) is 111 Å². The van der Waals surface area contributed by atoms with E-state index in [-0.39, 0.29) is 11.7 Å². The topological polar surface area (TPSA) is 62.4 Å². The Hall–Kier alpha value is -4.69. The zero-order valence-electron chi connectivity index (χ0n) is 17.4. The lowest BCUT2D eigenvalue weighted by atomic mass is 9.98.